The molecular formula is C7H13N3O2. The minimum Gasteiger partial charge on any atom is -0.297 e. The Hall–Kier alpha value is -1.13. The van der Waals surface area contributed by atoms with Crippen molar-refractivity contribution in [3.8, 4) is 0 Å². The Labute approximate surface area is 71.2 Å². The second-order valence-corrected chi connectivity index (χ2v) is 2.85. The number of hydrogen-bond acceptors (Lipinski definition) is 4. The van der Waals surface area contributed by atoms with E-state index < -0.39 is 6.17 Å². The van der Waals surface area contributed by atoms with Gasteiger partial charge in [0.25, 0.3) is 0 Å². The third-order valence-corrected chi connectivity index (χ3v) is 1.97. The summed E-state index contributed by atoms with van der Waals surface area (Å²) in [6.07, 6.45) is 0.293. The largest absolute Gasteiger partial charge is 0.307 e. The first-order valence-corrected chi connectivity index (χ1v) is 4.08. The van der Waals surface area contributed by atoms with Crippen molar-refractivity contribution in [2.75, 3.05) is 13.1 Å². The number of amidine groups is 1. The lowest BCUT2D eigenvalue weighted by Crippen LogP contribution is -2.41. The molecule has 0 saturated carbocycles. The molecule has 0 aromatic heterocycles. The van der Waals surface area contributed by atoms with Crippen LogP contribution in [0.5, 0.6) is 0 Å². The van der Waals surface area contributed by atoms with Gasteiger partial charge in [0.1, 0.15) is 12.4 Å². The van der Waals surface area contributed by atoms with Crippen LogP contribution >= 0.6 is 0 Å². The van der Waals surface area contributed by atoms with Gasteiger partial charge < -0.3 is 0 Å². The highest BCUT2D eigenvalue weighted by Crippen LogP contribution is 2.11. The van der Waals surface area contributed by atoms with E-state index >= 15 is 0 Å². The predicted octanol–water partition coefficient (Wildman–Crippen LogP) is 0.733. The zero-order valence-electron chi connectivity index (χ0n) is 7.36. The molecule has 0 N–H and O–H groups in total. The maximum absolute atomic E-state index is 10.5. The molecule has 1 aliphatic heterocycles. The Morgan fingerprint density at radius 2 is 2.50 bits per heavy atom. The van der Waals surface area contributed by atoms with Crippen LogP contribution in [0.4, 0.5) is 0 Å². The van der Waals surface area contributed by atoms with E-state index in [0.717, 1.165) is 18.8 Å². The fourth-order valence-corrected chi connectivity index (χ4v) is 1.35. The highest BCUT2D eigenvalue weighted by Gasteiger charge is 2.33. The Morgan fingerprint density at radius 1 is 1.83 bits per heavy atom. The van der Waals surface area contributed by atoms with Crippen LogP contribution in [-0.2, 0) is 0 Å². The minimum absolute atomic E-state index is 0.268. The summed E-state index contributed by atoms with van der Waals surface area (Å²) in [5.41, 5.74) is 0. The van der Waals surface area contributed by atoms with E-state index in [-0.39, 0.29) is 4.92 Å². The fourth-order valence-electron chi connectivity index (χ4n) is 1.35. The molecule has 0 aliphatic carbocycles. The molecule has 5 heteroatoms. The van der Waals surface area contributed by atoms with Crippen molar-refractivity contribution >= 4 is 5.84 Å². The molecule has 0 aromatic carbocycles. The summed E-state index contributed by atoms with van der Waals surface area (Å²) in [6, 6.07) is 0. The molecule has 1 rings (SSSR count). The van der Waals surface area contributed by atoms with Crippen LogP contribution in [0.1, 0.15) is 20.3 Å². The van der Waals surface area contributed by atoms with Crippen LogP contribution in [0.15, 0.2) is 4.99 Å². The fraction of sp³-hybridized carbons (Fsp3) is 0.857. The molecule has 1 atom stereocenters. The minimum atomic E-state index is -0.620. The molecule has 1 aliphatic rings. The van der Waals surface area contributed by atoms with E-state index in [0.29, 0.717) is 6.54 Å². The Bertz CT molecular complexity index is 215. The van der Waals surface area contributed by atoms with Gasteiger partial charge in [-0.25, -0.2) is 0 Å². The predicted molar refractivity (Wildman–Crippen MR) is 45.8 cm³/mol. The molecular weight excluding hydrogens is 158 g/mol. The Morgan fingerprint density at radius 3 is 3.00 bits per heavy atom. The van der Waals surface area contributed by atoms with E-state index in [2.05, 4.69) is 4.99 Å². The first-order valence-electron chi connectivity index (χ1n) is 4.08. The highest BCUT2D eigenvalue weighted by molar-refractivity contribution is 5.81. The molecule has 1 unspecified atom stereocenters. The number of hydrogen-bond donors (Lipinski definition) is 0. The zero-order chi connectivity index (χ0) is 9.14. The van der Waals surface area contributed by atoms with Crippen molar-refractivity contribution in [2.24, 2.45) is 4.99 Å². The van der Waals surface area contributed by atoms with Crippen LogP contribution in [0.3, 0.4) is 0 Å². The van der Waals surface area contributed by atoms with Crippen molar-refractivity contribution in [3.05, 3.63) is 10.1 Å². The Balaban J connectivity index is 2.63. The van der Waals surface area contributed by atoms with Crippen LogP contribution in [0.25, 0.3) is 0 Å². The molecule has 0 amide bonds. The van der Waals surface area contributed by atoms with Crippen LogP contribution in [-0.4, -0.2) is 34.9 Å². The van der Waals surface area contributed by atoms with Crippen molar-refractivity contribution in [1.82, 2.24) is 4.90 Å². The van der Waals surface area contributed by atoms with Gasteiger partial charge in [-0.3, -0.25) is 20.0 Å². The lowest BCUT2D eigenvalue weighted by molar-refractivity contribution is -0.539. The number of rotatable bonds is 3. The SMILES string of the molecule is CCCN1C(C)=NCC1[N+](=O)[O-]. The van der Waals surface area contributed by atoms with Crippen LogP contribution < -0.4 is 0 Å². The first kappa shape index (κ1) is 8.96. The number of aliphatic imine (C=N–C) groups is 1. The third-order valence-electron chi connectivity index (χ3n) is 1.97. The quantitative estimate of drug-likeness (QED) is 0.464. The van der Waals surface area contributed by atoms with Gasteiger partial charge in [-0.05, 0) is 13.3 Å². The summed E-state index contributed by atoms with van der Waals surface area (Å²) in [5, 5.41) is 10.5. The lowest BCUT2D eigenvalue weighted by atomic mass is 10.4. The van der Waals surface area contributed by atoms with Crippen molar-refractivity contribution in [2.45, 2.75) is 26.4 Å². The molecule has 0 bridgehead atoms. The summed E-state index contributed by atoms with van der Waals surface area (Å²) < 4.78 is 0. The van der Waals surface area contributed by atoms with E-state index in [1.807, 2.05) is 13.8 Å². The van der Waals surface area contributed by atoms with Gasteiger partial charge >= 0.3 is 6.17 Å². The number of nitrogens with zero attached hydrogens (tertiary/aromatic N) is 3. The van der Waals surface area contributed by atoms with Gasteiger partial charge in [-0.2, -0.15) is 0 Å². The molecule has 5 nitrogen and oxygen atoms in total. The number of nitro groups is 1. The highest BCUT2D eigenvalue weighted by atomic mass is 16.6. The molecule has 12 heavy (non-hydrogen) atoms. The second kappa shape index (κ2) is 3.51. The van der Waals surface area contributed by atoms with Gasteiger partial charge in [-0.15, -0.1) is 0 Å². The molecule has 1 heterocycles. The summed E-state index contributed by atoms with van der Waals surface area (Å²) in [4.78, 5) is 16.0. The van der Waals surface area contributed by atoms with Crippen molar-refractivity contribution in [1.29, 1.82) is 0 Å². The van der Waals surface area contributed by atoms with Crippen molar-refractivity contribution in [3.63, 3.8) is 0 Å². The maximum Gasteiger partial charge on any atom is 0.307 e. The lowest BCUT2D eigenvalue weighted by Gasteiger charge is -2.19. The van der Waals surface area contributed by atoms with E-state index in [1.54, 1.807) is 4.90 Å². The summed E-state index contributed by atoms with van der Waals surface area (Å²) >= 11 is 0. The first-order chi connectivity index (χ1) is 5.66. The maximum atomic E-state index is 10.5. The van der Waals surface area contributed by atoms with Gasteiger partial charge in [0.15, 0.2) is 0 Å². The van der Waals surface area contributed by atoms with Crippen LogP contribution in [0.2, 0.25) is 0 Å². The summed E-state index contributed by atoms with van der Waals surface area (Å²) in [7, 11) is 0. The van der Waals surface area contributed by atoms with Crippen LogP contribution in [0, 0.1) is 10.1 Å². The van der Waals surface area contributed by atoms with E-state index in [1.165, 1.54) is 0 Å². The Kier molecular flexibility index (Phi) is 2.62. The summed E-state index contributed by atoms with van der Waals surface area (Å²) in [6.45, 7) is 4.85. The van der Waals surface area contributed by atoms with Gasteiger partial charge in [0.2, 0.25) is 0 Å². The summed E-state index contributed by atoms with van der Waals surface area (Å²) in [5.74, 6) is 0.790. The molecule has 68 valence electrons. The molecule has 0 aromatic rings. The monoisotopic (exact) mass is 171 g/mol. The topological polar surface area (TPSA) is 58.7 Å². The van der Waals surface area contributed by atoms with Gasteiger partial charge in [0, 0.05) is 11.5 Å². The average Bonchev–Trinajstić information content (AvgIpc) is 2.34. The standard InChI is InChI=1S/C7H13N3O2/c1-3-4-9-6(2)8-5-7(9)10(11)12/h7H,3-5H2,1-2H3. The average molecular weight is 171 g/mol. The van der Waals surface area contributed by atoms with Crippen molar-refractivity contribution < 1.29 is 4.92 Å². The molecule has 0 saturated heterocycles. The van der Waals surface area contributed by atoms with E-state index in [4.69, 9.17) is 0 Å². The van der Waals surface area contributed by atoms with Gasteiger partial charge in [0.05, 0.1) is 0 Å². The molecule has 0 radical (unpaired) electrons. The molecule has 0 spiro atoms. The third kappa shape index (κ3) is 1.54. The van der Waals surface area contributed by atoms with Gasteiger partial charge in [-0.1, -0.05) is 6.92 Å². The smallest absolute Gasteiger partial charge is 0.297 e. The van der Waals surface area contributed by atoms with E-state index in [9.17, 15) is 10.1 Å². The normalized spacial score (nSPS) is 22.7. The zero-order valence-corrected chi connectivity index (χ0v) is 7.36. The molecule has 0 fully saturated rings. The second-order valence-electron chi connectivity index (χ2n) is 2.85.